The Morgan fingerprint density at radius 3 is 2.95 bits per heavy atom. The molecule has 7 heteroatoms. The van der Waals surface area contributed by atoms with Crippen LogP contribution in [0, 0.1) is 0 Å². The SMILES string of the molecule is O=C1CCCN1c1cnn(C2CN(CC3COCCO3)C2)c1. The van der Waals surface area contributed by atoms with E-state index in [2.05, 4.69) is 10.00 Å². The standard InChI is InChI=1S/C15H22N4O3/c20-15-2-1-3-18(15)12-6-16-19(9-12)13-7-17(8-13)10-14-11-21-4-5-22-14/h6,9,13-14H,1-5,7-8,10-11H2. The largest absolute Gasteiger partial charge is 0.376 e. The zero-order valence-electron chi connectivity index (χ0n) is 12.7. The van der Waals surface area contributed by atoms with Gasteiger partial charge in [-0.15, -0.1) is 0 Å². The van der Waals surface area contributed by atoms with Gasteiger partial charge in [0.1, 0.15) is 0 Å². The topological polar surface area (TPSA) is 59.8 Å². The van der Waals surface area contributed by atoms with Crippen molar-refractivity contribution in [2.45, 2.75) is 25.0 Å². The van der Waals surface area contributed by atoms with Crippen molar-refractivity contribution in [2.24, 2.45) is 0 Å². The summed E-state index contributed by atoms with van der Waals surface area (Å²) in [5, 5.41) is 4.44. The molecule has 22 heavy (non-hydrogen) atoms. The smallest absolute Gasteiger partial charge is 0.227 e. The Kier molecular flexibility index (Phi) is 3.85. The molecule has 1 unspecified atom stereocenters. The Morgan fingerprint density at radius 2 is 2.23 bits per heavy atom. The fourth-order valence-electron chi connectivity index (χ4n) is 3.38. The minimum atomic E-state index is 0.199. The van der Waals surface area contributed by atoms with Crippen LogP contribution in [0.3, 0.4) is 0 Å². The molecule has 3 fully saturated rings. The lowest BCUT2D eigenvalue weighted by molar-refractivity contribution is -0.117. The maximum absolute atomic E-state index is 11.8. The summed E-state index contributed by atoms with van der Waals surface area (Å²) in [4.78, 5) is 16.0. The summed E-state index contributed by atoms with van der Waals surface area (Å²) in [5.41, 5.74) is 0.935. The zero-order valence-corrected chi connectivity index (χ0v) is 12.7. The van der Waals surface area contributed by atoms with Crippen molar-refractivity contribution in [3.8, 4) is 0 Å². The van der Waals surface area contributed by atoms with Gasteiger partial charge in [-0.1, -0.05) is 0 Å². The number of amides is 1. The van der Waals surface area contributed by atoms with E-state index in [1.807, 2.05) is 22.0 Å². The first-order valence-corrected chi connectivity index (χ1v) is 8.06. The fraction of sp³-hybridized carbons (Fsp3) is 0.733. The number of anilines is 1. The first-order chi connectivity index (χ1) is 10.8. The molecule has 1 amide bonds. The van der Waals surface area contributed by atoms with E-state index in [1.165, 1.54) is 0 Å². The van der Waals surface area contributed by atoms with Crippen LogP contribution in [-0.4, -0.2) is 72.7 Å². The second-order valence-corrected chi connectivity index (χ2v) is 6.27. The highest BCUT2D eigenvalue weighted by molar-refractivity contribution is 5.95. The van der Waals surface area contributed by atoms with Gasteiger partial charge in [-0.3, -0.25) is 14.4 Å². The van der Waals surface area contributed by atoms with E-state index in [0.717, 1.165) is 38.3 Å². The van der Waals surface area contributed by atoms with Crippen LogP contribution < -0.4 is 4.90 Å². The van der Waals surface area contributed by atoms with Gasteiger partial charge in [0.2, 0.25) is 5.91 Å². The van der Waals surface area contributed by atoms with Crippen molar-refractivity contribution in [3.05, 3.63) is 12.4 Å². The number of carbonyl (C=O) groups is 1. The molecule has 3 aliphatic heterocycles. The van der Waals surface area contributed by atoms with Gasteiger partial charge < -0.3 is 14.4 Å². The second-order valence-electron chi connectivity index (χ2n) is 6.27. The molecule has 4 heterocycles. The Bertz CT molecular complexity index is 535. The Morgan fingerprint density at radius 1 is 1.32 bits per heavy atom. The molecule has 120 valence electrons. The normalized spacial score (nSPS) is 27.4. The first-order valence-electron chi connectivity index (χ1n) is 8.06. The quantitative estimate of drug-likeness (QED) is 0.800. The third kappa shape index (κ3) is 2.76. The molecule has 1 atom stereocenters. The molecule has 0 saturated carbocycles. The van der Waals surface area contributed by atoms with Gasteiger partial charge in [0.05, 0.1) is 43.9 Å². The molecule has 3 aliphatic rings. The van der Waals surface area contributed by atoms with Gasteiger partial charge >= 0.3 is 0 Å². The van der Waals surface area contributed by atoms with Crippen LogP contribution in [0.2, 0.25) is 0 Å². The maximum atomic E-state index is 11.8. The molecular formula is C15H22N4O3. The lowest BCUT2D eigenvalue weighted by atomic mass is 10.1. The molecule has 7 nitrogen and oxygen atoms in total. The molecule has 3 saturated heterocycles. The van der Waals surface area contributed by atoms with E-state index >= 15 is 0 Å². The number of carbonyl (C=O) groups excluding carboxylic acids is 1. The van der Waals surface area contributed by atoms with Crippen LogP contribution in [0.25, 0.3) is 0 Å². The minimum absolute atomic E-state index is 0.199. The van der Waals surface area contributed by atoms with Crippen LogP contribution in [0.5, 0.6) is 0 Å². The van der Waals surface area contributed by atoms with Gasteiger partial charge in [-0.05, 0) is 6.42 Å². The van der Waals surface area contributed by atoms with Crippen LogP contribution in [0.1, 0.15) is 18.9 Å². The summed E-state index contributed by atoms with van der Waals surface area (Å²) >= 11 is 0. The molecule has 0 N–H and O–H groups in total. The highest BCUT2D eigenvalue weighted by Gasteiger charge is 2.32. The first kappa shape index (κ1) is 14.2. The van der Waals surface area contributed by atoms with E-state index < -0.39 is 0 Å². The number of hydrogen-bond donors (Lipinski definition) is 0. The van der Waals surface area contributed by atoms with Crippen LogP contribution in [-0.2, 0) is 14.3 Å². The average molecular weight is 306 g/mol. The highest BCUT2D eigenvalue weighted by Crippen LogP contribution is 2.26. The fourth-order valence-corrected chi connectivity index (χ4v) is 3.38. The molecule has 0 radical (unpaired) electrons. The number of rotatable bonds is 4. The third-order valence-corrected chi connectivity index (χ3v) is 4.63. The van der Waals surface area contributed by atoms with E-state index in [9.17, 15) is 4.79 Å². The van der Waals surface area contributed by atoms with Gasteiger partial charge in [0, 0.05) is 38.8 Å². The van der Waals surface area contributed by atoms with E-state index in [-0.39, 0.29) is 12.0 Å². The Labute approximate surface area is 129 Å². The summed E-state index contributed by atoms with van der Waals surface area (Å²) in [6.45, 7) is 5.82. The molecule has 1 aromatic rings. The summed E-state index contributed by atoms with van der Waals surface area (Å²) in [6.07, 6.45) is 5.62. The predicted molar refractivity (Wildman–Crippen MR) is 79.9 cm³/mol. The molecule has 0 bridgehead atoms. The molecular weight excluding hydrogens is 284 g/mol. The second kappa shape index (κ2) is 5.98. The average Bonchev–Trinajstić information content (AvgIpc) is 3.12. The maximum Gasteiger partial charge on any atom is 0.227 e. The lowest BCUT2D eigenvalue weighted by Crippen LogP contribution is -2.52. The van der Waals surface area contributed by atoms with Crippen LogP contribution in [0.15, 0.2) is 12.4 Å². The van der Waals surface area contributed by atoms with Crippen molar-refractivity contribution in [2.75, 3.05) is 50.9 Å². The summed E-state index contributed by atoms with van der Waals surface area (Å²) in [5.74, 6) is 0.212. The van der Waals surface area contributed by atoms with E-state index in [0.29, 0.717) is 32.3 Å². The zero-order chi connectivity index (χ0) is 14.9. The number of nitrogens with zero attached hydrogens (tertiary/aromatic N) is 4. The van der Waals surface area contributed by atoms with Crippen molar-refractivity contribution >= 4 is 11.6 Å². The summed E-state index contributed by atoms with van der Waals surface area (Å²) in [7, 11) is 0. The molecule has 4 rings (SSSR count). The number of ether oxygens (including phenoxy) is 2. The van der Waals surface area contributed by atoms with Gasteiger partial charge in [0.25, 0.3) is 0 Å². The van der Waals surface area contributed by atoms with Gasteiger partial charge in [0.15, 0.2) is 0 Å². The van der Waals surface area contributed by atoms with Crippen molar-refractivity contribution in [1.29, 1.82) is 0 Å². The van der Waals surface area contributed by atoms with Crippen molar-refractivity contribution < 1.29 is 14.3 Å². The Hall–Kier alpha value is -1.44. The lowest BCUT2D eigenvalue weighted by Gasteiger charge is -2.41. The van der Waals surface area contributed by atoms with E-state index in [1.54, 1.807) is 0 Å². The van der Waals surface area contributed by atoms with E-state index in [4.69, 9.17) is 9.47 Å². The molecule has 0 aromatic carbocycles. The number of hydrogen-bond acceptors (Lipinski definition) is 5. The van der Waals surface area contributed by atoms with Crippen molar-refractivity contribution in [3.63, 3.8) is 0 Å². The molecule has 1 aromatic heterocycles. The monoisotopic (exact) mass is 306 g/mol. The molecule has 0 spiro atoms. The summed E-state index contributed by atoms with van der Waals surface area (Å²) < 4.78 is 13.1. The minimum Gasteiger partial charge on any atom is -0.376 e. The highest BCUT2D eigenvalue weighted by atomic mass is 16.6. The van der Waals surface area contributed by atoms with Crippen LogP contribution in [0.4, 0.5) is 5.69 Å². The van der Waals surface area contributed by atoms with Gasteiger partial charge in [-0.25, -0.2) is 0 Å². The summed E-state index contributed by atoms with van der Waals surface area (Å²) in [6, 6.07) is 0.399. The van der Waals surface area contributed by atoms with Crippen LogP contribution >= 0.6 is 0 Å². The third-order valence-electron chi connectivity index (χ3n) is 4.63. The van der Waals surface area contributed by atoms with Crippen molar-refractivity contribution in [1.82, 2.24) is 14.7 Å². The number of likely N-dealkylation sites (tertiary alicyclic amines) is 1. The number of aromatic nitrogens is 2. The Balaban J connectivity index is 1.29. The predicted octanol–water partition coefficient (Wildman–Crippen LogP) is 0.282. The molecule has 0 aliphatic carbocycles. The van der Waals surface area contributed by atoms with Gasteiger partial charge in [-0.2, -0.15) is 5.10 Å².